The van der Waals surface area contributed by atoms with E-state index < -0.39 is 12.2 Å². The summed E-state index contributed by atoms with van der Waals surface area (Å²) in [5, 5.41) is 25.2. The fourth-order valence-electron chi connectivity index (χ4n) is 2.18. The second kappa shape index (κ2) is 9.48. The molecular formula is C15H27NO2S. The summed E-state index contributed by atoms with van der Waals surface area (Å²) in [6.45, 7) is 2.92. The highest BCUT2D eigenvalue weighted by atomic mass is 32.1. The quantitative estimate of drug-likeness (QED) is 0.579. The number of rotatable bonds is 10. The third-order valence-electron chi connectivity index (χ3n) is 3.40. The average molecular weight is 285 g/mol. The van der Waals surface area contributed by atoms with E-state index in [4.69, 9.17) is 0 Å². The van der Waals surface area contributed by atoms with Gasteiger partial charge >= 0.3 is 0 Å². The second-order valence-electron chi connectivity index (χ2n) is 5.03. The Balaban J connectivity index is 2.50. The van der Waals surface area contributed by atoms with E-state index in [1.165, 1.54) is 24.8 Å². The van der Waals surface area contributed by atoms with Crippen molar-refractivity contribution in [2.75, 3.05) is 13.6 Å². The van der Waals surface area contributed by atoms with Crippen LogP contribution < -0.4 is 5.32 Å². The van der Waals surface area contributed by atoms with Crippen molar-refractivity contribution >= 4 is 11.3 Å². The number of unbranched alkanes of at least 4 members (excludes halogenated alkanes) is 3. The zero-order valence-electron chi connectivity index (χ0n) is 12.1. The van der Waals surface area contributed by atoms with E-state index in [9.17, 15) is 10.2 Å². The number of hydrogen-bond acceptors (Lipinski definition) is 4. The molecule has 0 aliphatic heterocycles. The first kappa shape index (κ1) is 16.6. The molecule has 0 spiro atoms. The zero-order chi connectivity index (χ0) is 14.1. The molecule has 1 rings (SSSR count). The van der Waals surface area contributed by atoms with Gasteiger partial charge in [-0.3, -0.25) is 0 Å². The highest BCUT2D eigenvalue weighted by Gasteiger charge is 2.21. The fourth-order valence-corrected chi connectivity index (χ4v) is 3.18. The summed E-state index contributed by atoms with van der Waals surface area (Å²) in [6.07, 6.45) is 5.07. The van der Waals surface area contributed by atoms with Crippen LogP contribution >= 0.6 is 11.3 Å². The van der Waals surface area contributed by atoms with E-state index in [-0.39, 0.29) is 0 Å². The van der Waals surface area contributed by atoms with E-state index in [1.54, 1.807) is 11.3 Å². The van der Waals surface area contributed by atoms with Gasteiger partial charge in [-0.1, -0.05) is 26.2 Å². The molecule has 0 radical (unpaired) electrons. The van der Waals surface area contributed by atoms with Crippen molar-refractivity contribution < 1.29 is 10.2 Å². The predicted molar refractivity (Wildman–Crippen MR) is 81.7 cm³/mol. The van der Waals surface area contributed by atoms with Crippen LogP contribution in [0.15, 0.2) is 11.4 Å². The van der Waals surface area contributed by atoms with Gasteiger partial charge in [-0.05, 0) is 49.9 Å². The van der Waals surface area contributed by atoms with Gasteiger partial charge in [-0.15, -0.1) is 11.3 Å². The van der Waals surface area contributed by atoms with Crippen molar-refractivity contribution in [2.45, 2.75) is 57.7 Å². The number of aliphatic hydroxyl groups excluding tert-OH is 2. The molecule has 0 amide bonds. The van der Waals surface area contributed by atoms with Crippen molar-refractivity contribution in [3.63, 3.8) is 0 Å². The largest absolute Gasteiger partial charge is 0.390 e. The SMILES string of the molecule is CCCCCCc1ccsc1C(O)C(O)CCNC. The Labute approximate surface area is 120 Å². The number of aryl methyl sites for hydroxylation is 1. The zero-order valence-corrected chi connectivity index (χ0v) is 12.9. The summed E-state index contributed by atoms with van der Waals surface area (Å²) in [6, 6.07) is 2.08. The number of aliphatic hydroxyl groups is 2. The van der Waals surface area contributed by atoms with Gasteiger partial charge in [0.05, 0.1) is 6.10 Å². The Bertz CT molecular complexity index is 341. The molecule has 110 valence electrons. The van der Waals surface area contributed by atoms with Crippen LogP contribution in [0, 0.1) is 0 Å². The minimum atomic E-state index is -0.741. The molecule has 0 bridgehead atoms. The van der Waals surface area contributed by atoms with Gasteiger partial charge in [0, 0.05) is 4.88 Å². The summed E-state index contributed by atoms with van der Waals surface area (Å²) in [7, 11) is 1.85. The molecule has 3 N–H and O–H groups in total. The normalized spacial score (nSPS) is 14.5. The third-order valence-corrected chi connectivity index (χ3v) is 4.43. The molecule has 1 aromatic heterocycles. The van der Waals surface area contributed by atoms with Crippen molar-refractivity contribution in [1.82, 2.24) is 5.32 Å². The topological polar surface area (TPSA) is 52.5 Å². The first-order valence-electron chi connectivity index (χ1n) is 7.27. The molecule has 4 heteroatoms. The molecule has 0 saturated heterocycles. The molecule has 19 heavy (non-hydrogen) atoms. The molecule has 0 saturated carbocycles. The maximum absolute atomic E-state index is 10.2. The molecule has 0 aromatic carbocycles. The lowest BCUT2D eigenvalue weighted by atomic mass is 10.0. The average Bonchev–Trinajstić information content (AvgIpc) is 2.88. The maximum atomic E-state index is 10.2. The van der Waals surface area contributed by atoms with Gasteiger partial charge < -0.3 is 15.5 Å². The van der Waals surface area contributed by atoms with Crippen molar-refractivity contribution in [3.8, 4) is 0 Å². The predicted octanol–water partition coefficient (Wildman–Crippen LogP) is 2.87. The minimum Gasteiger partial charge on any atom is -0.390 e. The van der Waals surface area contributed by atoms with Gasteiger partial charge in [-0.25, -0.2) is 0 Å². The number of nitrogens with one attached hydrogen (secondary N) is 1. The van der Waals surface area contributed by atoms with Crippen LogP contribution in [-0.4, -0.2) is 29.9 Å². The monoisotopic (exact) mass is 285 g/mol. The van der Waals surface area contributed by atoms with E-state index in [0.717, 1.165) is 24.3 Å². The molecule has 2 atom stereocenters. The van der Waals surface area contributed by atoms with Crippen molar-refractivity contribution in [2.24, 2.45) is 0 Å². The van der Waals surface area contributed by atoms with Crippen LogP contribution in [0.1, 0.15) is 55.6 Å². The lowest BCUT2D eigenvalue weighted by Gasteiger charge is -2.18. The molecule has 1 heterocycles. The lowest BCUT2D eigenvalue weighted by Crippen LogP contribution is -2.23. The fraction of sp³-hybridized carbons (Fsp3) is 0.733. The van der Waals surface area contributed by atoms with Gasteiger partial charge in [-0.2, -0.15) is 0 Å². The Morgan fingerprint density at radius 1 is 1.26 bits per heavy atom. The Kier molecular flexibility index (Phi) is 8.30. The molecule has 0 aliphatic carbocycles. The standard InChI is InChI=1S/C15H27NO2S/c1-3-4-5-6-7-12-9-11-19-15(12)14(18)13(17)8-10-16-2/h9,11,13-14,16-18H,3-8,10H2,1-2H3. The highest BCUT2D eigenvalue weighted by Crippen LogP contribution is 2.29. The van der Waals surface area contributed by atoms with Gasteiger partial charge in [0.2, 0.25) is 0 Å². The first-order valence-corrected chi connectivity index (χ1v) is 8.15. The van der Waals surface area contributed by atoms with Crippen molar-refractivity contribution in [1.29, 1.82) is 0 Å². The van der Waals surface area contributed by atoms with Crippen LogP contribution in [0.5, 0.6) is 0 Å². The van der Waals surface area contributed by atoms with Crippen molar-refractivity contribution in [3.05, 3.63) is 21.9 Å². The van der Waals surface area contributed by atoms with Crippen LogP contribution in [0.25, 0.3) is 0 Å². The Hall–Kier alpha value is -0.420. The Morgan fingerprint density at radius 3 is 2.74 bits per heavy atom. The maximum Gasteiger partial charge on any atom is 0.114 e. The highest BCUT2D eigenvalue weighted by molar-refractivity contribution is 7.10. The second-order valence-corrected chi connectivity index (χ2v) is 5.97. The third kappa shape index (κ3) is 5.61. The molecule has 1 aromatic rings. The summed E-state index contributed by atoms with van der Waals surface area (Å²) >= 11 is 1.55. The summed E-state index contributed by atoms with van der Waals surface area (Å²) in [5.41, 5.74) is 1.21. The molecule has 2 unspecified atom stereocenters. The van der Waals surface area contributed by atoms with E-state index in [2.05, 4.69) is 18.3 Å². The van der Waals surface area contributed by atoms with E-state index in [0.29, 0.717) is 6.42 Å². The molecular weight excluding hydrogens is 258 g/mol. The summed E-state index contributed by atoms with van der Waals surface area (Å²) < 4.78 is 0. The van der Waals surface area contributed by atoms with Gasteiger partial charge in [0.15, 0.2) is 0 Å². The lowest BCUT2D eigenvalue weighted by molar-refractivity contribution is 0.0157. The number of thiophene rings is 1. The van der Waals surface area contributed by atoms with E-state index in [1.807, 2.05) is 12.4 Å². The summed E-state index contributed by atoms with van der Waals surface area (Å²) in [4.78, 5) is 0.945. The molecule has 0 aliphatic rings. The Morgan fingerprint density at radius 2 is 2.05 bits per heavy atom. The summed E-state index contributed by atoms with van der Waals surface area (Å²) in [5.74, 6) is 0. The van der Waals surface area contributed by atoms with Gasteiger partial charge in [0.25, 0.3) is 0 Å². The minimum absolute atomic E-state index is 0.574. The first-order chi connectivity index (χ1) is 9.20. The van der Waals surface area contributed by atoms with E-state index >= 15 is 0 Å². The smallest absolute Gasteiger partial charge is 0.114 e. The molecule has 3 nitrogen and oxygen atoms in total. The van der Waals surface area contributed by atoms with Crippen LogP contribution in [-0.2, 0) is 6.42 Å². The van der Waals surface area contributed by atoms with Crippen LogP contribution in [0.2, 0.25) is 0 Å². The molecule has 0 fully saturated rings. The van der Waals surface area contributed by atoms with Crippen LogP contribution in [0.3, 0.4) is 0 Å². The number of hydrogen-bond donors (Lipinski definition) is 3. The van der Waals surface area contributed by atoms with Gasteiger partial charge in [0.1, 0.15) is 6.10 Å². The van der Waals surface area contributed by atoms with Crippen LogP contribution in [0.4, 0.5) is 0 Å².